The second kappa shape index (κ2) is 3.84. The summed E-state index contributed by atoms with van der Waals surface area (Å²) in [7, 11) is -2.02. The smallest absolute Gasteiger partial charge is 0.221 e. The summed E-state index contributed by atoms with van der Waals surface area (Å²) in [6.45, 7) is 3.31. The average molecular weight is 222 g/mol. The number of likely N-dealkylation sites (N-methyl/N-ethyl adjacent to an activating group) is 1. The van der Waals surface area contributed by atoms with Crippen LogP contribution in [-0.4, -0.2) is 43.6 Å². The highest BCUT2D eigenvalue weighted by molar-refractivity contribution is 8.06. The van der Waals surface area contributed by atoms with Crippen molar-refractivity contribution < 1.29 is 12.8 Å². The van der Waals surface area contributed by atoms with E-state index in [1.54, 1.807) is 13.8 Å². The summed E-state index contributed by atoms with van der Waals surface area (Å²) in [4.78, 5) is 4.80. The molecule has 2 atom stereocenters. The summed E-state index contributed by atoms with van der Waals surface area (Å²) >= 11 is 0. The second-order valence-corrected chi connectivity index (χ2v) is 5.69. The summed E-state index contributed by atoms with van der Waals surface area (Å²) in [5, 5.41) is -0.617. The van der Waals surface area contributed by atoms with Crippen molar-refractivity contribution in [3.8, 4) is 0 Å². The van der Waals surface area contributed by atoms with Crippen molar-refractivity contribution in [3.05, 3.63) is 0 Å². The number of rotatable bonds is 2. The molecule has 1 aliphatic rings. The number of aliphatic imine (C=N–C) groups is 1. The number of halogens is 1. The van der Waals surface area contributed by atoms with Gasteiger partial charge in [0.25, 0.3) is 0 Å². The van der Waals surface area contributed by atoms with E-state index in [9.17, 15) is 12.8 Å². The van der Waals surface area contributed by atoms with Crippen LogP contribution in [0.25, 0.3) is 0 Å². The van der Waals surface area contributed by atoms with Gasteiger partial charge in [-0.15, -0.1) is 0 Å². The molecule has 6 heteroatoms. The Morgan fingerprint density at radius 2 is 2.29 bits per heavy atom. The summed E-state index contributed by atoms with van der Waals surface area (Å²) < 4.78 is 36.6. The molecule has 0 radical (unpaired) electrons. The maximum atomic E-state index is 13.0. The van der Waals surface area contributed by atoms with Crippen LogP contribution in [0.1, 0.15) is 20.3 Å². The standard InChI is InChI=1S/C8H15FN2O2S/c1-4-6(2)14(12,13)8-10-5-7(9)11(8)3/h6-7H,4-5H2,1-3H3. The largest absolute Gasteiger partial charge is 0.319 e. The first-order chi connectivity index (χ1) is 6.41. The van der Waals surface area contributed by atoms with Gasteiger partial charge < -0.3 is 4.90 Å². The highest BCUT2D eigenvalue weighted by atomic mass is 32.2. The number of hydrogen-bond donors (Lipinski definition) is 0. The fourth-order valence-corrected chi connectivity index (χ4v) is 2.77. The van der Waals surface area contributed by atoms with E-state index < -0.39 is 21.4 Å². The van der Waals surface area contributed by atoms with Gasteiger partial charge in [0.2, 0.25) is 15.0 Å². The normalized spacial score (nSPS) is 25.0. The monoisotopic (exact) mass is 222 g/mol. The van der Waals surface area contributed by atoms with Gasteiger partial charge in [-0.2, -0.15) is 0 Å². The first-order valence-corrected chi connectivity index (χ1v) is 6.11. The molecule has 14 heavy (non-hydrogen) atoms. The minimum Gasteiger partial charge on any atom is -0.319 e. The minimum atomic E-state index is -3.43. The van der Waals surface area contributed by atoms with Gasteiger partial charge >= 0.3 is 0 Å². The SMILES string of the molecule is CCC(C)S(=O)(=O)C1=NCC(F)N1C. The fraction of sp³-hybridized carbons (Fsp3) is 0.875. The molecule has 1 aliphatic heterocycles. The van der Waals surface area contributed by atoms with Gasteiger partial charge in [-0.05, 0) is 13.3 Å². The predicted molar refractivity (Wildman–Crippen MR) is 53.6 cm³/mol. The summed E-state index contributed by atoms with van der Waals surface area (Å²) in [6.07, 6.45) is -0.796. The summed E-state index contributed by atoms with van der Waals surface area (Å²) in [6, 6.07) is 0. The molecule has 82 valence electrons. The molecule has 4 nitrogen and oxygen atoms in total. The predicted octanol–water partition coefficient (Wildman–Crippen LogP) is 0.797. The van der Waals surface area contributed by atoms with E-state index in [2.05, 4.69) is 4.99 Å². The quantitative estimate of drug-likeness (QED) is 0.649. The fourth-order valence-electron chi connectivity index (χ4n) is 1.20. The van der Waals surface area contributed by atoms with Gasteiger partial charge in [0.15, 0.2) is 6.30 Å². The number of sulfone groups is 1. The van der Waals surface area contributed by atoms with Crippen LogP contribution in [0, 0.1) is 0 Å². The number of nitrogens with zero attached hydrogens (tertiary/aromatic N) is 2. The van der Waals surface area contributed by atoms with Crippen LogP contribution in [0.15, 0.2) is 4.99 Å². The Bertz CT molecular complexity index is 339. The molecule has 0 aromatic heterocycles. The zero-order valence-electron chi connectivity index (χ0n) is 8.57. The van der Waals surface area contributed by atoms with E-state index in [-0.39, 0.29) is 11.7 Å². The summed E-state index contributed by atoms with van der Waals surface area (Å²) in [5.74, 6) is 0. The molecular formula is C8H15FN2O2S. The van der Waals surface area contributed by atoms with Gasteiger partial charge in [0.1, 0.15) is 0 Å². The first kappa shape index (κ1) is 11.4. The molecule has 0 saturated heterocycles. The lowest BCUT2D eigenvalue weighted by Crippen LogP contribution is -2.38. The minimum absolute atomic E-state index is 0.0818. The van der Waals surface area contributed by atoms with Gasteiger partial charge in [-0.25, -0.2) is 12.8 Å². The third kappa shape index (κ3) is 1.75. The third-order valence-electron chi connectivity index (χ3n) is 2.46. The van der Waals surface area contributed by atoms with Crippen LogP contribution >= 0.6 is 0 Å². The lowest BCUT2D eigenvalue weighted by atomic mass is 10.4. The van der Waals surface area contributed by atoms with Gasteiger partial charge in [-0.1, -0.05) is 6.92 Å². The van der Waals surface area contributed by atoms with Crippen LogP contribution < -0.4 is 0 Å². The van der Waals surface area contributed by atoms with Crippen molar-refractivity contribution in [2.24, 2.45) is 4.99 Å². The van der Waals surface area contributed by atoms with E-state index in [0.29, 0.717) is 6.42 Å². The molecule has 0 aromatic carbocycles. The highest BCUT2D eigenvalue weighted by Gasteiger charge is 2.35. The topological polar surface area (TPSA) is 49.7 Å². The van der Waals surface area contributed by atoms with Crippen LogP contribution in [0.2, 0.25) is 0 Å². The number of hydrogen-bond acceptors (Lipinski definition) is 4. The maximum Gasteiger partial charge on any atom is 0.221 e. The molecule has 0 aliphatic carbocycles. The van der Waals surface area contributed by atoms with Crippen molar-refractivity contribution in [2.75, 3.05) is 13.6 Å². The molecule has 0 aromatic rings. The molecular weight excluding hydrogens is 207 g/mol. The molecule has 0 saturated carbocycles. The Labute approximate surface area is 83.7 Å². The van der Waals surface area contributed by atoms with Gasteiger partial charge in [-0.3, -0.25) is 4.99 Å². The molecule has 2 unspecified atom stereocenters. The second-order valence-electron chi connectivity index (χ2n) is 3.43. The Morgan fingerprint density at radius 3 is 2.64 bits per heavy atom. The van der Waals surface area contributed by atoms with Crippen LogP contribution in [0.3, 0.4) is 0 Å². The van der Waals surface area contributed by atoms with Gasteiger partial charge in [0, 0.05) is 7.05 Å². The van der Waals surface area contributed by atoms with E-state index in [1.807, 2.05) is 0 Å². The van der Waals surface area contributed by atoms with Crippen molar-refractivity contribution in [2.45, 2.75) is 31.8 Å². The van der Waals surface area contributed by atoms with Crippen molar-refractivity contribution in [3.63, 3.8) is 0 Å². The Balaban J connectivity index is 2.96. The van der Waals surface area contributed by atoms with Crippen molar-refractivity contribution >= 4 is 15.0 Å². The van der Waals surface area contributed by atoms with E-state index in [4.69, 9.17) is 0 Å². The number of alkyl halides is 1. The average Bonchev–Trinajstić information content (AvgIpc) is 2.46. The van der Waals surface area contributed by atoms with E-state index >= 15 is 0 Å². The zero-order chi connectivity index (χ0) is 10.9. The Kier molecular flexibility index (Phi) is 3.14. The third-order valence-corrected chi connectivity index (χ3v) is 4.78. The maximum absolute atomic E-state index is 13.0. The molecule has 0 fully saturated rings. The van der Waals surface area contributed by atoms with Gasteiger partial charge in [0.05, 0.1) is 11.8 Å². The van der Waals surface area contributed by atoms with Crippen molar-refractivity contribution in [1.82, 2.24) is 4.90 Å². The molecule has 0 N–H and O–H groups in total. The lowest BCUT2D eigenvalue weighted by Gasteiger charge is -2.19. The Hall–Kier alpha value is -0.650. The zero-order valence-corrected chi connectivity index (χ0v) is 9.38. The van der Waals surface area contributed by atoms with Crippen molar-refractivity contribution in [1.29, 1.82) is 0 Å². The molecule has 0 bridgehead atoms. The lowest BCUT2D eigenvalue weighted by molar-refractivity contribution is 0.210. The number of amidine groups is 1. The molecule has 1 heterocycles. The van der Waals surface area contributed by atoms with Crippen LogP contribution in [0.5, 0.6) is 0 Å². The Morgan fingerprint density at radius 1 is 1.71 bits per heavy atom. The summed E-state index contributed by atoms with van der Waals surface area (Å²) in [5.41, 5.74) is 0. The molecule has 0 amide bonds. The highest BCUT2D eigenvalue weighted by Crippen LogP contribution is 2.17. The van der Waals surface area contributed by atoms with E-state index in [0.717, 1.165) is 4.90 Å². The van der Waals surface area contributed by atoms with Crippen LogP contribution in [0.4, 0.5) is 4.39 Å². The van der Waals surface area contributed by atoms with Crippen LogP contribution in [-0.2, 0) is 9.84 Å². The van der Waals surface area contributed by atoms with E-state index in [1.165, 1.54) is 7.05 Å². The first-order valence-electron chi connectivity index (χ1n) is 4.56. The molecule has 1 rings (SSSR count). The molecule has 0 spiro atoms.